The molecule has 3 nitrogen and oxygen atoms in total. The Morgan fingerprint density at radius 3 is 2.00 bits per heavy atom. The summed E-state index contributed by atoms with van der Waals surface area (Å²) in [5, 5.41) is 8.27. The van der Waals surface area contributed by atoms with Gasteiger partial charge in [-0.15, -0.1) is 0 Å². The summed E-state index contributed by atoms with van der Waals surface area (Å²) in [7, 11) is 0. The van der Waals surface area contributed by atoms with Crippen LogP contribution < -0.4 is 5.73 Å². The molecule has 3 N–H and O–H groups in total. The van der Waals surface area contributed by atoms with E-state index in [0.29, 0.717) is 0 Å². The van der Waals surface area contributed by atoms with Crippen LogP contribution in [0.15, 0.2) is 0 Å². The quantitative estimate of drug-likeness (QED) is 0.537. The van der Waals surface area contributed by atoms with Crippen LogP contribution >= 0.6 is 0 Å². The Bertz CT molecular complexity index is 90.4. The highest BCUT2D eigenvalue weighted by Crippen LogP contribution is 1.97. The van der Waals surface area contributed by atoms with Crippen molar-refractivity contribution in [2.75, 3.05) is 0 Å². The fourth-order valence-electron chi connectivity index (χ4n) is 0.225. The Morgan fingerprint density at radius 1 is 1.62 bits per heavy atom. The summed E-state index contributed by atoms with van der Waals surface area (Å²) in [6.07, 6.45) is 0. The van der Waals surface area contributed by atoms with Gasteiger partial charge < -0.3 is 10.8 Å². The van der Waals surface area contributed by atoms with Gasteiger partial charge in [-0.3, -0.25) is 4.79 Å². The molecular weight excluding hydrogens is 106 g/mol. The number of aliphatic carboxylic acids is 1. The molecule has 0 amide bonds. The van der Waals surface area contributed by atoms with E-state index in [9.17, 15) is 4.79 Å². The van der Waals surface area contributed by atoms with Gasteiger partial charge in [-0.05, 0) is 6.92 Å². The lowest BCUT2D eigenvalue weighted by molar-refractivity contribution is -0.141. The molecule has 0 bridgehead atoms. The van der Waals surface area contributed by atoms with Gasteiger partial charge in [0.15, 0.2) is 0 Å². The second-order valence-corrected chi connectivity index (χ2v) is 1.99. The normalized spacial score (nSPS) is 17.4. The zero-order valence-electron chi connectivity index (χ0n) is 5.09. The number of rotatable bonds is 2. The van der Waals surface area contributed by atoms with Crippen molar-refractivity contribution < 1.29 is 9.90 Å². The van der Waals surface area contributed by atoms with E-state index in [4.69, 9.17) is 10.8 Å². The second-order valence-electron chi connectivity index (χ2n) is 1.99. The van der Waals surface area contributed by atoms with Crippen LogP contribution in [-0.2, 0) is 4.79 Å². The topological polar surface area (TPSA) is 63.3 Å². The minimum Gasteiger partial charge on any atom is -0.481 e. The predicted molar refractivity (Wildman–Crippen MR) is 30.4 cm³/mol. The third-order valence-electron chi connectivity index (χ3n) is 1.18. The van der Waals surface area contributed by atoms with Gasteiger partial charge >= 0.3 is 5.97 Å². The molecule has 0 fully saturated rings. The molecule has 0 saturated carbocycles. The van der Waals surface area contributed by atoms with Crippen molar-refractivity contribution in [1.29, 1.82) is 0 Å². The van der Waals surface area contributed by atoms with Crippen LogP contribution in [0, 0.1) is 5.92 Å². The Kier molecular flexibility index (Phi) is 2.48. The zero-order valence-corrected chi connectivity index (χ0v) is 5.09. The summed E-state index contributed by atoms with van der Waals surface area (Å²) in [6, 6.07) is -0.257. The minimum atomic E-state index is -0.833. The second kappa shape index (κ2) is 2.67. The maximum Gasteiger partial charge on any atom is 0.307 e. The van der Waals surface area contributed by atoms with E-state index in [0.717, 1.165) is 0 Å². The van der Waals surface area contributed by atoms with Crippen LogP contribution in [0.4, 0.5) is 0 Å². The van der Waals surface area contributed by atoms with Gasteiger partial charge in [-0.2, -0.15) is 0 Å². The molecule has 0 spiro atoms. The highest BCUT2D eigenvalue weighted by Gasteiger charge is 2.14. The van der Waals surface area contributed by atoms with Gasteiger partial charge in [0.1, 0.15) is 0 Å². The highest BCUT2D eigenvalue weighted by atomic mass is 16.4. The average Bonchev–Trinajstić information content (AvgIpc) is 1.64. The van der Waals surface area contributed by atoms with Gasteiger partial charge in [0.25, 0.3) is 0 Å². The Morgan fingerprint density at radius 2 is 2.00 bits per heavy atom. The van der Waals surface area contributed by atoms with Crippen molar-refractivity contribution in [3.8, 4) is 0 Å². The van der Waals surface area contributed by atoms with Crippen LogP contribution in [0.2, 0.25) is 0 Å². The Balaban J connectivity index is 3.64. The molecule has 0 radical (unpaired) electrons. The van der Waals surface area contributed by atoms with Crippen LogP contribution in [0.5, 0.6) is 0 Å². The summed E-state index contributed by atoms with van der Waals surface area (Å²) in [5.41, 5.74) is 5.26. The van der Waals surface area contributed by atoms with E-state index in [1.165, 1.54) is 0 Å². The first kappa shape index (κ1) is 7.43. The third-order valence-corrected chi connectivity index (χ3v) is 1.18. The minimum absolute atomic E-state index is 0.257. The van der Waals surface area contributed by atoms with Gasteiger partial charge in [-0.1, -0.05) is 6.92 Å². The molecule has 1 unspecified atom stereocenters. The predicted octanol–water partition coefficient (Wildman–Crippen LogP) is 0.0543. The molecular formula is C5H11NO2. The van der Waals surface area contributed by atoms with E-state index in [1.54, 1.807) is 13.8 Å². The third kappa shape index (κ3) is 1.93. The maximum atomic E-state index is 10.1. The molecule has 0 aromatic carbocycles. The molecule has 3 heteroatoms. The Hall–Kier alpha value is -0.570. The number of carboxylic acids is 1. The molecule has 0 aromatic rings. The number of carboxylic acid groups (broad SMARTS) is 1. The van der Waals surface area contributed by atoms with E-state index in [-0.39, 0.29) is 6.04 Å². The molecule has 0 heterocycles. The lowest BCUT2D eigenvalue weighted by Crippen LogP contribution is -2.30. The van der Waals surface area contributed by atoms with Crippen LogP contribution in [0.3, 0.4) is 0 Å². The van der Waals surface area contributed by atoms with E-state index in [1.807, 2.05) is 0 Å². The van der Waals surface area contributed by atoms with Crippen LogP contribution in [0.1, 0.15) is 13.8 Å². The lowest BCUT2D eigenvalue weighted by atomic mass is 10.1. The molecule has 0 rings (SSSR count). The first-order valence-electron chi connectivity index (χ1n) is 2.54. The summed E-state index contributed by atoms with van der Waals surface area (Å²) >= 11 is 0. The molecule has 48 valence electrons. The van der Waals surface area contributed by atoms with Crippen molar-refractivity contribution in [3.05, 3.63) is 0 Å². The van der Waals surface area contributed by atoms with Gasteiger partial charge in [-0.25, -0.2) is 0 Å². The van der Waals surface area contributed by atoms with E-state index < -0.39 is 11.9 Å². The van der Waals surface area contributed by atoms with Gasteiger partial charge in [0.2, 0.25) is 0 Å². The molecule has 0 aromatic heterocycles. The summed E-state index contributed by atoms with van der Waals surface area (Å²) in [5.74, 6) is -1.27. The van der Waals surface area contributed by atoms with Crippen LogP contribution in [-0.4, -0.2) is 17.1 Å². The summed E-state index contributed by atoms with van der Waals surface area (Å²) < 4.78 is 0. The number of nitrogens with two attached hydrogens (primary N) is 1. The van der Waals surface area contributed by atoms with E-state index in [2.05, 4.69) is 0 Å². The molecule has 0 aliphatic carbocycles. The molecule has 0 aliphatic rings. The van der Waals surface area contributed by atoms with E-state index >= 15 is 0 Å². The fourth-order valence-corrected chi connectivity index (χ4v) is 0.225. The van der Waals surface area contributed by atoms with Crippen molar-refractivity contribution in [2.45, 2.75) is 19.9 Å². The molecule has 8 heavy (non-hydrogen) atoms. The summed E-state index contributed by atoms with van der Waals surface area (Å²) in [6.45, 7) is 3.27. The maximum absolute atomic E-state index is 10.1. The highest BCUT2D eigenvalue weighted by molar-refractivity contribution is 5.70. The summed E-state index contributed by atoms with van der Waals surface area (Å²) in [4.78, 5) is 10.1. The van der Waals surface area contributed by atoms with Crippen molar-refractivity contribution in [1.82, 2.24) is 0 Å². The molecule has 0 saturated heterocycles. The van der Waals surface area contributed by atoms with Crippen molar-refractivity contribution >= 4 is 5.97 Å². The number of hydrogen-bond donors (Lipinski definition) is 2. The van der Waals surface area contributed by atoms with Gasteiger partial charge in [0, 0.05) is 6.04 Å². The lowest BCUT2D eigenvalue weighted by Gasteiger charge is -2.07. The standard InChI is InChI=1S/C5H11NO2/c1-3(4(2)6)5(7)8/h3-4H,6H2,1-2H3,(H,7,8)/t3-,4?/m1/s1. The van der Waals surface area contributed by atoms with Crippen molar-refractivity contribution in [3.63, 3.8) is 0 Å². The monoisotopic (exact) mass is 117 g/mol. The average molecular weight is 117 g/mol. The SMILES string of the molecule is CC(N)[C@@H](C)C(=O)O. The number of hydrogen-bond acceptors (Lipinski definition) is 2. The largest absolute Gasteiger partial charge is 0.481 e. The molecule has 2 atom stereocenters. The fraction of sp³-hybridized carbons (Fsp3) is 0.800. The van der Waals surface area contributed by atoms with Crippen molar-refractivity contribution in [2.24, 2.45) is 11.7 Å². The Labute approximate surface area is 48.5 Å². The van der Waals surface area contributed by atoms with Gasteiger partial charge in [0.05, 0.1) is 5.92 Å². The number of carbonyl (C=O) groups is 1. The first-order valence-corrected chi connectivity index (χ1v) is 2.54. The molecule has 0 aliphatic heterocycles. The zero-order chi connectivity index (χ0) is 6.73. The smallest absolute Gasteiger partial charge is 0.307 e. The first-order chi connectivity index (χ1) is 3.55. The van der Waals surface area contributed by atoms with Crippen LogP contribution in [0.25, 0.3) is 0 Å².